The highest BCUT2D eigenvalue weighted by Crippen LogP contribution is 2.15. The third kappa shape index (κ3) is 2.99. The van der Waals surface area contributed by atoms with Crippen LogP contribution in [0.15, 0.2) is 4.99 Å². The molecule has 2 atom stereocenters. The minimum atomic E-state index is 0.103. The van der Waals surface area contributed by atoms with E-state index in [1.807, 2.05) is 0 Å². The third-order valence-electron chi connectivity index (χ3n) is 2.61. The van der Waals surface area contributed by atoms with E-state index in [-0.39, 0.29) is 11.8 Å². The van der Waals surface area contributed by atoms with Gasteiger partial charge >= 0.3 is 0 Å². The molecule has 3 heteroatoms. The summed E-state index contributed by atoms with van der Waals surface area (Å²) in [7, 11) is 0. The van der Waals surface area contributed by atoms with Gasteiger partial charge < -0.3 is 15.4 Å². The first-order valence-electron chi connectivity index (χ1n) is 5.17. The van der Waals surface area contributed by atoms with Gasteiger partial charge in [-0.2, -0.15) is 0 Å². The van der Waals surface area contributed by atoms with E-state index < -0.39 is 0 Å². The van der Waals surface area contributed by atoms with Gasteiger partial charge in [-0.3, -0.25) is 0 Å². The Bertz CT molecular complexity index is 180. The van der Waals surface area contributed by atoms with Crippen LogP contribution in [0.1, 0.15) is 26.7 Å². The van der Waals surface area contributed by atoms with Crippen LogP contribution >= 0.6 is 0 Å². The Kier molecular flexibility index (Phi) is 4.22. The van der Waals surface area contributed by atoms with Gasteiger partial charge in [-0.15, -0.1) is 0 Å². The fourth-order valence-electron chi connectivity index (χ4n) is 1.61. The maximum Gasteiger partial charge on any atom is 0.0378 e. The zero-order chi connectivity index (χ0) is 9.68. The molecule has 0 spiro atoms. The minimum Gasteiger partial charge on any atom is -0.862 e. The normalized spacial score (nSPS) is 29.5. The van der Waals surface area contributed by atoms with Gasteiger partial charge in [-0.25, -0.2) is 0 Å². The van der Waals surface area contributed by atoms with Crippen molar-refractivity contribution in [3.05, 3.63) is 0 Å². The van der Waals surface area contributed by atoms with Gasteiger partial charge in [0.2, 0.25) is 0 Å². The maximum absolute atomic E-state index is 11.5. The van der Waals surface area contributed by atoms with Crippen molar-refractivity contribution in [1.82, 2.24) is 5.32 Å². The smallest absolute Gasteiger partial charge is 0.0378 e. The van der Waals surface area contributed by atoms with Crippen molar-refractivity contribution < 1.29 is 5.11 Å². The van der Waals surface area contributed by atoms with E-state index >= 15 is 0 Å². The molecule has 76 valence electrons. The van der Waals surface area contributed by atoms with E-state index in [0.29, 0.717) is 12.5 Å². The van der Waals surface area contributed by atoms with Crippen molar-refractivity contribution in [1.29, 1.82) is 0 Å². The standard InChI is InChI=1S/C10H20N2O/c1-3-4-5-12-10(13)9-7-11-6-8(9)2/h8-9,11H,3-7H2,1-2H3,(H,12,13)/p-1/t8-,9?/m1/s1. The molecule has 1 fully saturated rings. The molecule has 1 aliphatic heterocycles. The van der Waals surface area contributed by atoms with Crippen molar-refractivity contribution in [2.24, 2.45) is 16.8 Å². The van der Waals surface area contributed by atoms with Crippen molar-refractivity contribution >= 4 is 5.90 Å². The lowest BCUT2D eigenvalue weighted by Crippen LogP contribution is -2.32. The molecule has 0 aromatic carbocycles. The van der Waals surface area contributed by atoms with Crippen LogP contribution in [0.3, 0.4) is 0 Å². The molecule has 1 aliphatic rings. The van der Waals surface area contributed by atoms with Gasteiger partial charge in [0.05, 0.1) is 0 Å². The molecule has 1 rings (SSSR count). The summed E-state index contributed by atoms with van der Waals surface area (Å²) in [4.78, 5) is 4.07. The second-order valence-corrected chi connectivity index (χ2v) is 3.82. The Balaban J connectivity index is 2.36. The van der Waals surface area contributed by atoms with Crippen LogP contribution < -0.4 is 10.4 Å². The average molecular weight is 183 g/mol. The van der Waals surface area contributed by atoms with Gasteiger partial charge in [-0.05, 0) is 24.8 Å². The molecule has 0 aromatic rings. The van der Waals surface area contributed by atoms with Crippen LogP contribution in [0.2, 0.25) is 0 Å². The molecular formula is C10H19N2O-. The summed E-state index contributed by atoms with van der Waals surface area (Å²) in [5, 5.41) is 14.7. The van der Waals surface area contributed by atoms with Gasteiger partial charge in [0.1, 0.15) is 0 Å². The fraction of sp³-hybridized carbons (Fsp3) is 0.900. The quantitative estimate of drug-likeness (QED) is 0.389. The van der Waals surface area contributed by atoms with E-state index in [1.165, 1.54) is 0 Å². The SMILES string of the molecule is CCCCN=C([O-])C1CNC[C@H]1C. The number of nitrogens with one attached hydrogen (secondary N) is 1. The van der Waals surface area contributed by atoms with Gasteiger partial charge in [0.25, 0.3) is 0 Å². The fourth-order valence-corrected chi connectivity index (χ4v) is 1.61. The number of aliphatic imine (C=N–C) groups is 1. The first kappa shape index (κ1) is 10.5. The molecule has 0 aromatic heterocycles. The first-order chi connectivity index (χ1) is 6.25. The summed E-state index contributed by atoms with van der Waals surface area (Å²) >= 11 is 0. The Morgan fingerprint density at radius 2 is 2.31 bits per heavy atom. The van der Waals surface area contributed by atoms with Crippen LogP contribution in [-0.2, 0) is 0 Å². The third-order valence-corrected chi connectivity index (χ3v) is 2.61. The van der Waals surface area contributed by atoms with Crippen LogP contribution in [-0.4, -0.2) is 25.5 Å². The summed E-state index contributed by atoms with van der Waals surface area (Å²) in [5.41, 5.74) is 0. The Labute approximate surface area is 80.3 Å². The summed E-state index contributed by atoms with van der Waals surface area (Å²) in [6, 6.07) is 0. The number of unbranched alkanes of at least 4 members (excludes halogenated alkanes) is 1. The summed E-state index contributed by atoms with van der Waals surface area (Å²) in [6.45, 7) is 6.70. The average Bonchev–Trinajstić information content (AvgIpc) is 2.52. The minimum absolute atomic E-state index is 0.103. The van der Waals surface area contributed by atoms with E-state index in [9.17, 15) is 5.11 Å². The van der Waals surface area contributed by atoms with E-state index in [4.69, 9.17) is 0 Å². The predicted molar refractivity (Wildman–Crippen MR) is 52.7 cm³/mol. The monoisotopic (exact) mass is 183 g/mol. The predicted octanol–water partition coefficient (Wildman–Crippen LogP) is 0.401. The highest BCUT2D eigenvalue weighted by atomic mass is 16.3. The molecule has 3 nitrogen and oxygen atoms in total. The Morgan fingerprint density at radius 1 is 1.54 bits per heavy atom. The van der Waals surface area contributed by atoms with Gasteiger partial charge in [0.15, 0.2) is 0 Å². The number of nitrogens with zero attached hydrogens (tertiary/aromatic N) is 1. The second-order valence-electron chi connectivity index (χ2n) is 3.82. The molecular weight excluding hydrogens is 164 g/mol. The lowest BCUT2D eigenvalue weighted by atomic mass is 9.98. The van der Waals surface area contributed by atoms with Crippen molar-refractivity contribution in [2.75, 3.05) is 19.6 Å². The zero-order valence-corrected chi connectivity index (χ0v) is 8.55. The number of hydrogen-bond acceptors (Lipinski definition) is 3. The summed E-state index contributed by atoms with van der Waals surface area (Å²) in [5.74, 6) is 0.695. The molecule has 0 bridgehead atoms. The van der Waals surface area contributed by atoms with Crippen molar-refractivity contribution in [2.45, 2.75) is 26.7 Å². The lowest BCUT2D eigenvalue weighted by molar-refractivity contribution is -0.224. The Hall–Kier alpha value is -0.570. The molecule has 0 radical (unpaired) electrons. The van der Waals surface area contributed by atoms with Crippen LogP contribution in [0.25, 0.3) is 0 Å². The van der Waals surface area contributed by atoms with Gasteiger partial charge in [-0.1, -0.05) is 20.3 Å². The zero-order valence-electron chi connectivity index (χ0n) is 8.55. The van der Waals surface area contributed by atoms with Crippen molar-refractivity contribution in [3.63, 3.8) is 0 Å². The largest absolute Gasteiger partial charge is 0.862 e. The Morgan fingerprint density at radius 3 is 2.85 bits per heavy atom. The van der Waals surface area contributed by atoms with Gasteiger partial charge in [0, 0.05) is 19.0 Å². The second kappa shape index (κ2) is 5.22. The summed E-state index contributed by atoms with van der Waals surface area (Å²) < 4.78 is 0. The highest BCUT2D eigenvalue weighted by Gasteiger charge is 2.22. The van der Waals surface area contributed by atoms with Crippen LogP contribution in [0.5, 0.6) is 0 Å². The van der Waals surface area contributed by atoms with E-state index in [1.54, 1.807) is 0 Å². The topological polar surface area (TPSA) is 47.5 Å². The number of rotatable bonds is 4. The molecule has 1 N–H and O–H groups in total. The maximum atomic E-state index is 11.5. The molecule has 0 aliphatic carbocycles. The van der Waals surface area contributed by atoms with Crippen LogP contribution in [0, 0.1) is 11.8 Å². The highest BCUT2D eigenvalue weighted by molar-refractivity contribution is 5.75. The number of hydrogen-bond donors (Lipinski definition) is 1. The lowest BCUT2D eigenvalue weighted by Gasteiger charge is -2.21. The molecule has 1 unspecified atom stereocenters. The molecule has 1 heterocycles. The molecule has 0 amide bonds. The molecule has 13 heavy (non-hydrogen) atoms. The summed E-state index contributed by atoms with van der Waals surface area (Å²) in [6.07, 6.45) is 2.13. The van der Waals surface area contributed by atoms with Crippen LogP contribution in [0.4, 0.5) is 0 Å². The molecule has 1 saturated heterocycles. The first-order valence-corrected chi connectivity index (χ1v) is 5.17. The van der Waals surface area contributed by atoms with E-state index in [0.717, 1.165) is 25.9 Å². The molecule has 0 saturated carbocycles. The van der Waals surface area contributed by atoms with Crippen molar-refractivity contribution in [3.8, 4) is 0 Å². The van der Waals surface area contributed by atoms with E-state index in [2.05, 4.69) is 24.2 Å².